The second-order valence-corrected chi connectivity index (χ2v) is 5.16. The molecule has 0 amide bonds. The Labute approximate surface area is 79.0 Å². The van der Waals surface area contributed by atoms with Crippen LogP contribution in [0.1, 0.15) is 40.5 Å². The Kier molecular flexibility index (Phi) is 2.37. The number of carbonyl (C=O) groups excluding carboxylic acids is 1. The molecule has 1 saturated heterocycles. The van der Waals surface area contributed by atoms with Crippen molar-refractivity contribution in [2.24, 2.45) is 0 Å². The molecule has 1 fully saturated rings. The topological polar surface area (TPSA) is 44.6 Å². The highest BCUT2D eigenvalue weighted by molar-refractivity contribution is 5.53. The van der Waals surface area contributed by atoms with Gasteiger partial charge in [-0.25, -0.2) is 4.79 Å². The fourth-order valence-corrected chi connectivity index (χ4v) is 2.28. The van der Waals surface area contributed by atoms with Crippen molar-refractivity contribution in [1.82, 2.24) is 0 Å². The Morgan fingerprint density at radius 1 is 1.23 bits per heavy atom. The maximum Gasteiger partial charge on any atom is 0.124 e. The predicted octanol–water partition coefficient (Wildman–Crippen LogP) is 0.478. The van der Waals surface area contributed by atoms with Crippen molar-refractivity contribution < 1.29 is 9.86 Å². The van der Waals surface area contributed by atoms with Gasteiger partial charge in [0, 0.05) is 18.4 Å². The lowest BCUT2D eigenvalue weighted by molar-refractivity contribution is -0.952. The molecule has 0 aromatic rings. The van der Waals surface area contributed by atoms with Gasteiger partial charge in [0.1, 0.15) is 5.94 Å². The minimum Gasteiger partial charge on any atom is -0.634 e. The average molecular weight is 183 g/mol. The van der Waals surface area contributed by atoms with Gasteiger partial charge in [0.15, 0.2) is 0 Å². The summed E-state index contributed by atoms with van der Waals surface area (Å²) in [6.07, 6.45) is 1.14. The Bertz CT molecular complexity index is 242. The second-order valence-electron chi connectivity index (χ2n) is 5.16. The van der Waals surface area contributed by atoms with Crippen LogP contribution in [0.5, 0.6) is 0 Å². The first kappa shape index (κ1) is 10.5. The quantitative estimate of drug-likeness (QED) is 0.438. The SMILES string of the molecule is CC1(C)CC(=C=O)CC(C)(C)[NH+]1[O-]. The van der Waals surface area contributed by atoms with E-state index in [2.05, 4.69) is 0 Å². The Morgan fingerprint density at radius 2 is 1.62 bits per heavy atom. The standard InChI is InChI=1S/C10H17NO2/c1-9(2)5-8(7-12)6-10(3,4)11(9)13/h11H,5-6H2,1-4H3. The van der Waals surface area contributed by atoms with Crippen molar-refractivity contribution in [2.45, 2.75) is 51.6 Å². The summed E-state index contributed by atoms with van der Waals surface area (Å²) in [5.74, 6) is 1.95. The number of hydrogen-bond donors (Lipinski definition) is 1. The molecule has 0 bridgehead atoms. The van der Waals surface area contributed by atoms with Crippen LogP contribution in [-0.4, -0.2) is 17.0 Å². The van der Waals surface area contributed by atoms with Gasteiger partial charge < -0.3 is 10.3 Å². The van der Waals surface area contributed by atoms with Crippen LogP contribution in [0.2, 0.25) is 0 Å². The molecule has 0 saturated carbocycles. The van der Waals surface area contributed by atoms with Gasteiger partial charge in [0.25, 0.3) is 0 Å². The Hall–Kier alpha value is -0.630. The minimum atomic E-state index is -0.394. The minimum absolute atomic E-state index is 0.249. The molecule has 13 heavy (non-hydrogen) atoms. The summed E-state index contributed by atoms with van der Waals surface area (Å²) < 4.78 is 0. The van der Waals surface area contributed by atoms with Crippen LogP contribution < -0.4 is 5.06 Å². The molecule has 3 heteroatoms. The lowest BCUT2D eigenvalue weighted by Gasteiger charge is -2.52. The van der Waals surface area contributed by atoms with Crippen LogP contribution in [0.15, 0.2) is 5.57 Å². The van der Waals surface area contributed by atoms with E-state index >= 15 is 0 Å². The van der Waals surface area contributed by atoms with E-state index in [4.69, 9.17) is 0 Å². The third-order valence-corrected chi connectivity index (χ3v) is 2.68. The zero-order valence-corrected chi connectivity index (χ0v) is 8.73. The van der Waals surface area contributed by atoms with Gasteiger partial charge in [-0.2, -0.15) is 0 Å². The van der Waals surface area contributed by atoms with Gasteiger partial charge in [0.2, 0.25) is 0 Å². The molecule has 0 unspecified atom stereocenters. The Morgan fingerprint density at radius 3 is 1.92 bits per heavy atom. The predicted molar refractivity (Wildman–Crippen MR) is 50.9 cm³/mol. The summed E-state index contributed by atoms with van der Waals surface area (Å²) in [6.45, 7) is 7.59. The maximum atomic E-state index is 11.9. The van der Waals surface area contributed by atoms with Crippen molar-refractivity contribution in [3.63, 3.8) is 0 Å². The number of hydrogen-bond acceptors (Lipinski definition) is 2. The van der Waals surface area contributed by atoms with E-state index in [1.54, 1.807) is 0 Å². The van der Waals surface area contributed by atoms with Crippen molar-refractivity contribution in [3.05, 3.63) is 10.8 Å². The summed E-state index contributed by atoms with van der Waals surface area (Å²) in [5, 5.41) is 12.1. The summed E-state index contributed by atoms with van der Waals surface area (Å²) in [6, 6.07) is 0. The molecule has 0 aromatic heterocycles. The Balaban J connectivity index is 3.02. The number of hydroxylamine groups is 2. The molecule has 0 spiro atoms. The first-order chi connectivity index (χ1) is 5.79. The van der Waals surface area contributed by atoms with E-state index in [-0.39, 0.29) is 5.06 Å². The normalized spacial score (nSPS) is 31.2. The van der Waals surface area contributed by atoms with E-state index in [0.29, 0.717) is 12.8 Å². The first-order valence-electron chi connectivity index (χ1n) is 4.57. The highest BCUT2D eigenvalue weighted by Crippen LogP contribution is 2.25. The smallest absolute Gasteiger partial charge is 0.124 e. The monoisotopic (exact) mass is 183 g/mol. The molecule has 1 heterocycles. The van der Waals surface area contributed by atoms with Gasteiger partial charge in [0.05, 0.1) is 11.1 Å². The third-order valence-electron chi connectivity index (χ3n) is 2.68. The summed E-state index contributed by atoms with van der Waals surface area (Å²) in [4.78, 5) is 10.6. The average Bonchev–Trinajstić information content (AvgIpc) is 1.99. The van der Waals surface area contributed by atoms with E-state index < -0.39 is 11.1 Å². The highest BCUT2D eigenvalue weighted by Gasteiger charge is 2.43. The van der Waals surface area contributed by atoms with Crippen molar-refractivity contribution in [2.75, 3.05) is 0 Å². The van der Waals surface area contributed by atoms with Gasteiger partial charge in [-0.05, 0) is 27.7 Å². The fourth-order valence-electron chi connectivity index (χ4n) is 2.28. The summed E-state index contributed by atoms with van der Waals surface area (Å²) in [7, 11) is 0. The van der Waals surface area contributed by atoms with Crippen molar-refractivity contribution >= 4 is 5.94 Å². The maximum absolute atomic E-state index is 11.9. The van der Waals surface area contributed by atoms with Crippen molar-refractivity contribution in [3.8, 4) is 0 Å². The number of rotatable bonds is 0. The molecular weight excluding hydrogens is 166 g/mol. The molecule has 1 aliphatic rings. The van der Waals surface area contributed by atoms with Crippen LogP contribution in [-0.2, 0) is 4.79 Å². The molecule has 0 aromatic carbocycles. The molecule has 0 aliphatic carbocycles. The van der Waals surface area contributed by atoms with Crippen LogP contribution in [0, 0.1) is 5.21 Å². The van der Waals surface area contributed by atoms with Crippen LogP contribution in [0.3, 0.4) is 0 Å². The third kappa shape index (κ3) is 1.83. The lowest BCUT2D eigenvalue weighted by atomic mass is 9.79. The first-order valence-corrected chi connectivity index (χ1v) is 4.57. The molecule has 0 atom stereocenters. The van der Waals surface area contributed by atoms with Gasteiger partial charge in [-0.3, -0.25) is 0 Å². The number of piperidine rings is 1. The lowest BCUT2D eigenvalue weighted by Crippen LogP contribution is -3.22. The molecule has 1 N–H and O–H groups in total. The molecular formula is C10H17NO2. The second kappa shape index (κ2) is 2.95. The van der Waals surface area contributed by atoms with Crippen molar-refractivity contribution in [1.29, 1.82) is 0 Å². The zero-order valence-electron chi connectivity index (χ0n) is 8.73. The van der Waals surface area contributed by atoms with Gasteiger partial charge >= 0.3 is 0 Å². The molecule has 0 radical (unpaired) electrons. The van der Waals surface area contributed by atoms with E-state index in [0.717, 1.165) is 5.57 Å². The van der Waals surface area contributed by atoms with Gasteiger partial charge in [-0.1, -0.05) is 0 Å². The van der Waals surface area contributed by atoms with Crippen LogP contribution in [0.25, 0.3) is 0 Å². The van der Waals surface area contributed by atoms with Gasteiger partial charge in [-0.15, -0.1) is 0 Å². The van der Waals surface area contributed by atoms with E-state index in [9.17, 15) is 10.0 Å². The molecule has 3 nitrogen and oxygen atoms in total. The molecule has 74 valence electrons. The number of quaternary nitrogens is 1. The fraction of sp³-hybridized carbons (Fsp3) is 0.800. The zero-order chi connectivity index (χ0) is 10.3. The van der Waals surface area contributed by atoms with Crippen LogP contribution >= 0.6 is 0 Å². The van der Waals surface area contributed by atoms with Crippen LogP contribution in [0.4, 0.5) is 0 Å². The summed E-state index contributed by atoms with van der Waals surface area (Å²) >= 11 is 0. The largest absolute Gasteiger partial charge is 0.634 e. The highest BCUT2D eigenvalue weighted by atomic mass is 16.5. The van der Waals surface area contributed by atoms with E-state index in [1.807, 2.05) is 33.6 Å². The number of nitrogens with one attached hydrogen (secondary N) is 1. The molecule has 1 aliphatic heterocycles. The van der Waals surface area contributed by atoms with E-state index in [1.165, 1.54) is 0 Å². The summed E-state index contributed by atoms with van der Waals surface area (Å²) in [5.41, 5.74) is -0.0437. The molecule has 1 rings (SSSR count).